The molecule has 0 spiro atoms. The first-order valence-electron chi connectivity index (χ1n) is 5.93. The Morgan fingerprint density at radius 2 is 2.21 bits per heavy atom. The van der Waals surface area contributed by atoms with Gasteiger partial charge in [-0.05, 0) is 25.8 Å². The van der Waals surface area contributed by atoms with Gasteiger partial charge in [0.2, 0.25) is 5.91 Å². The minimum Gasteiger partial charge on any atom is -0.478 e. The van der Waals surface area contributed by atoms with Crippen LogP contribution < -0.4 is 10.6 Å². The Hall–Kier alpha value is -2.18. The van der Waals surface area contributed by atoms with Crippen LogP contribution in [0.4, 0.5) is 10.2 Å². The predicted molar refractivity (Wildman–Crippen MR) is 65.4 cm³/mol. The lowest BCUT2D eigenvalue weighted by molar-refractivity contribution is -0.121. The van der Waals surface area contributed by atoms with E-state index in [1.165, 1.54) is 6.20 Å². The van der Waals surface area contributed by atoms with Gasteiger partial charge in [-0.3, -0.25) is 4.79 Å². The number of halogens is 1. The summed E-state index contributed by atoms with van der Waals surface area (Å²) in [5.41, 5.74) is -0.479. The van der Waals surface area contributed by atoms with Crippen LogP contribution in [0.1, 0.15) is 30.1 Å². The molecule has 7 heteroatoms. The highest BCUT2D eigenvalue weighted by molar-refractivity contribution is 5.89. The van der Waals surface area contributed by atoms with E-state index < -0.39 is 23.4 Å². The summed E-state index contributed by atoms with van der Waals surface area (Å²) in [7, 11) is 0. The van der Waals surface area contributed by atoms with Gasteiger partial charge in [-0.15, -0.1) is 0 Å². The summed E-state index contributed by atoms with van der Waals surface area (Å²) in [6, 6.07) is 0.587. The monoisotopic (exact) mass is 267 g/mol. The second-order valence-electron chi connectivity index (χ2n) is 4.48. The van der Waals surface area contributed by atoms with Crippen LogP contribution in [0.15, 0.2) is 12.3 Å². The molecule has 0 radical (unpaired) electrons. The summed E-state index contributed by atoms with van der Waals surface area (Å²) in [5.74, 6) is -2.85. The van der Waals surface area contributed by atoms with E-state index in [4.69, 9.17) is 5.11 Å². The Bertz CT molecular complexity index is 517. The van der Waals surface area contributed by atoms with Gasteiger partial charge < -0.3 is 15.7 Å². The van der Waals surface area contributed by atoms with Crippen molar-refractivity contribution in [3.63, 3.8) is 0 Å². The zero-order valence-corrected chi connectivity index (χ0v) is 10.3. The number of amides is 1. The Balaban J connectivity index is 2.07. The molecule has 0 saturated heterocycles. The molecular formula is C12H14FN3O3. The van der Waals surface area contributed by atoms with Crippen LogP contribution in [-0.4, -0.2) is 34.1 Å². The smallest absolute Gasteiger partial charge is 0.338 e. The molecule has 1 aromatic heterocycles. The van der Waals surface area contributed by atoms with Gasteiger partial charge >= 0.3 is 5.97 Å². The highest BCUT2D eigenvalue weighted by Gasteiger charge is 2.26. The Morgan fingerprint density at radius 1 is 1.53 bits per heavy atom. The van der Waals surface area contributed by atoms with Gasteiger partial charge in [-0.1, -0.05) is 0 Å². The van der Waals surface area contributed by atoms with Crippen molar-refractivity contribution in [2.45, 2.75) is 31.8 Å². The first-order valence-corrected chi connectivity index (χ1v) is 5.93. The Morgan fingerprint density at radius 3 is 2.79 bits per heavy atom. The number of nitrogens with one attached hydrogen (secondary N) is 2. The van der Waals surface area contributed by atoms with Gasteiger partial charge in [0.15, 0.2) is 11.6 Å². The highest BCUT2D eigenvalue weighted by atomic mass is 19.1. The normalized spacial score (nSPS) is 15.7. The number of carbonyl (C=O) groups excluding carboxylic acids is 1. The highest BCUT2D eigenvalue weighted by Crippen LogP contribution is 2.19. The maximum absolute atomic E-state index is 13.8. The van der Waals surface area contributed by atoms with E-state index in [2.05, 4.69) is 15.6 Å². The van der Waals surface area contributed by atoms with Gasteiger partial charge in [-0.2, -0.15) is 0 Å². The fourth-order valence-electron chi connectivity index (χ4n) is 1.53. The van der Waals surface area contributed by atoms with E-state index in [1.54, 1.807) is 6.92 Å². The molecule has 1 fully saturated rings. The van der Waals surface area contributed by atoms with Crippen molar-refractivity contribution in [1.29, 1.82) is 0 Å². The lowest BCUT2D eigenvalue weighted by Crippen LogP contribution is -2.39. The number of aromatic nitrogens is 1. The van der Waals surface area contributed by atoms with Crippen LogP contribution in [-0.2, 0) is 4.79 Å². The number of rotatable bonds is 5. The van der Waals surface area contributed by atoms with Gasteiger partial charge in [0.25, 0.3) is 0 Å². The molecule has 0 bridgehead atoms. The molecule has 1 saturated carbocycles. The molecule has 6 nitrogen and oxygen atoms in total. The van der Waals surface area contributed by atoms with E-state index >= 15 is 0 Å². The minimum absolute atomic E-state index is 0.208. The quantitative estimate of drug-likeness (QED) is 0.740. The molecule has 1 aliphatic rings. The van der Waals surface area contributed by atoms with E-state index in [1.807, 2.05) is 0 Å². The number of hydrogen-bond donors (Lipinski definition) is 3. The molecule has 3 N–H and O–H groups in total. The minimum atomic E-state index is -1.38. The number of pyridine rings is 1. The predicted octanol–water partition coefficient (Wildman–Crippen LogP) is 0.998. The SMILES string of the molecule is CC(Nc1nccc(C(=O)O)c1F)C(=O)NC1CC1. The van der Waals surface area contributed by atoms with Crippen LogP contribution in [0.3, 0.4) is 0 Å². The Labute approximate surface area is 109 Å². The van der Waals surface area contributed by atoms with Gasteiger partial charge in [0.05, 0.1) is 0 Å². The molecule has 0 aliphatic heterocycles. The molecule has 1 aromatic rings. The first-order chi connectivity index (χ1) is 8.99. The van der Waals surface area contributed by atoms with Gasteiger partial charge in [0.1, 0.15) is 11.6 Å². The number of carboxylic acid groups (broad SMARTS) is 1. The second-order valence-corrected chi connectivity index (χ2v) is 4.48. The van der Waals surface area contributed by atoms with Crippen molar-refractivity contribution in [3.8, 4) is 0 Å². The molecule has 102 valence electrons. The molecule has 2 rings (SSSR count). The van der Waals surface area contributed by atoms with E-state index in [0.29, 0.717) is 0 Å². The largest absolute Gasteiger partial charge is 0.478 e. The number of anilines is 1. The van der Waals surface area contributed by atoms with Gasteiger partial charge in [-0.25, -0.2) is 14.2 Å². The van der Waals surface area contributed by atoms with Crippen molar-refractivity contribution in [2.24, 2.45) is 0 Å². The van der Waals surface area contributed by atoms with Gasteiger partial charge in [0, 0.05) is 12.2 Å². The summed E-state index contributed by atoms with van der Waals surface area (Å²) in [5, 5.41) is 14.1. The molecule has 1 unspecified atom stereocenters. The third-order valence-corrected chi connectivity index (χ3v) is 2.79. The van der Waals surface area contributed by atoms with Crippen molar-refractivity contribution in [3.05, 3.63) is 23.6 Å². The average molecular weight is 267 g/mol. The van der Waals surface area contributed by atoms with Crippen molar-refractivity contribution in [2.75, 3.05) is 5.32 Å². The maximum Gasteiger partial charge on any atom is 0.338 e. The average Bonchev–Trinajstić information content (AvgIpc) is 3.15. The van der Waals surface area contributed by atoms with Crippen LogP contribution in [0, 0.1) is 5.82 Å². The zero-order valence-electron chi connectivity index (χ0n) is 10.3. The van der Waals surface area contributed by atoms with Crippen LogP contribution >= 0.6 is 0 Å². The summed E-state index contributed by atoms with van der Waals surface area (Å²) >= 11 is 0. The van der Waals surface area contributed by atoms with Crippen molar-refractivity contribution in [1.82, 2.24) is 10.3 Å². The van der Waals surface area contributed by atoms with Crippen molar-refractivity contribution >= 4 is 17.7 Å². The van der Waals surface area contributed by atoms with E-state index in [0.717, 1.165) is 18.9 Å². The zero-order chi connectivity index (χ0) is 14.0. The van der Waals surface area contributed by atoms with Crippen LogP contribution in [0.2, 0.25) is 0 Å². The third-order valence-electron chi connectivity index (χ3n) is 2.79. The third kappa shape index (κ3) is 3.18. The number of carboxylic acids is 1. The fraction of sp³-hybridized carbons (Fsp3) is 0.417. The number of aromatic carboxylic acids is 1. The summed E-state index contributed by atoms with van der Waals surface area (Å²) in [6.07, 6.45) is 3.10. The van der Waals surface area contributed by atoms with Crippen LogP contribution in [0.5, 0.6) is 0 Å². The number of hydrogen-bond acceptors (Lipinski definition) is 4. The summed E-state index contributed by atoms with van der Waals surface area (Å²) in [6.45, 7) is 1.56. The lowest BCUT2D eigenvalue weighted by Gasteiger charge is -2.15. The molecule has 1 amide bonds. The fourth-order valence-corrected chi connectivity index (χ4v) is 1.53. The summed E-state index contributed by atoms with van der Waals surface area (Å²) in [4.78, 5) is 26.2. The molecule has 19 heavy (non-hydrogen) atoms. The summed E-state index contributed by atoms with van der Waals surface area (Å²) < 4.78 is 13.8. The van der Waals surface area contributed by atoms with E-state index in [-0.39, 0.29) is 17.8 Å². The topological polar surface area (TPSA) is 91.3 Å². The molecule has 1 aliphatic carbocycles. The molecule has 0 aromatic carbocycles. The van der Waals surface area contributed by atoms with E-state index in [9.17, 15) is 14.0 Å². The van der Waals surface area contributed by atoms with Crippen LogP contribution in [0.25, 0.3) is 0 Å². The lowest BCUT2D eigenvalue weighted by atomic mass is 10.2. The number of carbonyl (C=O) groups is 2. The molecule has 1 heterocycles. The molecular weight excluding hydrogens is 253 g/mol. The standard InChI is InChI=1S/C12H14FN3O3/c1-6(11(17)16-7-2-3-7)15-10-9(13)8(12(18)19)4-5-14-10/h4-7H,2-3H2,1H3,(H,14,15)(H,16,17)(H,18,19). The maximum atomic E-state index is 13.8. The second kappa shape index (κ2) is 5.21. The molecule has 1 atom stereocenters. The van der Waals surface area contributed by atoms with Crippen molar-refractivity contribution < 1.29 is 19.1 Å². The Kier molecular flexibility index (Phi) is 3.64. The first kappa shape index (κ1) is 13.3. The number of nitrogens with zero attached hydrogens (tertiary/aromatic N) is 1.